The molecule has 0 amide bonds. The van der Waals surface area contributed by atoms with E-state index in [2.05, 4.69) is 0 Å². The van der Waals surface area contributed by atoms with E-state index in [0.29, 0.717) is 0 Å². The van der Waals surface area contributed by atoms with Crippen LogP contribution in [-0.2, 0) is 9.59 Å². The van der Waals surface area contributed by atoms with Crippen molar-refractivity contribution in [3.8, 4) is 0 Å². The van der Waals surface area contributed by atoms with Gasteiger partial charge in [0, 0.05) is 0 Å². The maximum absolute atomic E-state index is 9.98. The van der Waals surface area contributed by atoms with Crippen LogP contribution in [-0.4, -0.2) is 168 Å². The number of hydrogen-bond acceptors (Lipinski definition) is 14. The number of aliphatic hydroxyl groups is 10. The van der Waals surface area contributed by atoms with Crippen LogP contribution in [0.4, 0.5) is 0 Å². The topological polar surface area (TPSA) is 314 Å². The van der Waals surface area contributed by atoms with Gasteiger partial charge in [0.05, 0.1) is 25.2 Å². The van der Waals surface area contributed by atoms with E-state index >= 15 is 0 Å². The molecule has 0 aliphatic heterocycles. The summed E-state index contributed by atoms with van der Waals surface area (Å²) in [5, 5.41) is 107. The van der Waals surface area contributed by atoms with Gasteiger partial charge < -0.3 is 76.3 Å². The van der Waals surface area contributed by atoms with Gasteiger partial charge in [0.25, 0.3) is 0 Å². The third kappa shape index (κ3) is 12.3. The molecule has 0 unspecified atom stereocenters. The Morgan fingerprint density at radius 1 is 0.607 bits per heavy atom. The van der Waals surface area contributed by atoms with Crippen LogP contribution < -0.4 is 10.2 Å². The van der Waals surface area contributed by atoms with Gasteiger partial charge in [-0.3, -0.25) is 0 Å². The molecule has 28 heavy (non-hydrogen) atoms. The monoisotopic (exact) mass is 448 g/mol. The van der Waals surface area contributed by atoms with Crippen molar-refractivity contribution < 1.29 is 76.3 Å². The van der Waals surface area contributed by atoms with Crippen molar-refractivity contribution in [2.75, 3.05) is 13.2 Å². The number of hydrogen-bond donors (Lipinski definition) is 10. The Hall–Kier alpha value is -0.240. The third-order valence-corrected chi connectivity index (χ3v) is 2.99. The van der Waals surface area contributed by atoms with Crippen molar-refractivity contribution in [2.45, 2.75) is 48.8 Å². The van der Waals surface area contributed by atoms with E-state index in [1.807, 2.05) is 0 Å². The first-order chi connectivity index (χ1) is 11.8. The molecule has 15 nitrogen and oxygen atoms in total. The molecular weight excluding hydrogens is 424 g/mol. The zero-order valence-electron chi connectivity index (χ0n) is 14.3. The summed E-state index contributed by atoms with van der Waals surface area (Å²) < 4.78 is 0. The molecule has 0 saturated heterocycles. The molecular formula is C12H24CaO15. The van der Waals surface area contributed by atoms with Crippen LogP contribution in [0.2, 0.25) is 0 Å². The maximum Gasteiger partial charge on any atom is 2.00 e. The maximum atomic E-state index is 9.98. The Labute approximate surface area is 187 Å². The Balaban J connectivity index is -0.000000192. The van der Waals surface area contributed by atoms with Gasteiger partial charge in [0.15, 0.2) is 0 Å². The first-order valence-electron chi connectivity index (χ1n) is 6.91. The van der Waals surface area contributed by atoms with Gasteiger partial charge in [-0.25, -0.2) is 0 Å². The molecule has 0 radical (unpaired) electrons. The van der Waals surface area contributed by atoms with Crippen molar-refractivity contribution >= 4 is 49.7 Å². The Kier molecular flexibility index (Phi) is 22.1. The van der Waals surface area contributed by atoms with E-state index in [-0.39, 0.29) is 43.2 Å². The summed E-state index contributed by atoms with van der Waals surface area (Å²) in [6, 6.07) is 0. The van der Waals surface area contributed by atoms with Gasteiger partial charge in [-0.15, -0.1) is 0 Å². The number of rotatable bonds is 10. The molecule has 0 aliphatic rings. The van der Waals surface area contributed by atoms with Gasteiger partial charge in [-0.2, -0.15) is 0 Å². The fourth-order valence-electron chi connectivity index (χ4n) is 1.32. The largest absolute Gasteiger partial charge is 2.00 e. The van der Waals surface area contributed by atoms with Crippen molar-refractivity contribution in [1.82, 2.24) is 0 Å². The smallest absolute Gasteiger partial charge is 0.547 e. The van der Waals surface area contributed by atoms with Crippen LogP contribution in [0.25, 0.3) is 0 Å². The summed E-state index contributed by atoms with van der Waals surface area (Å²) in [6.45, 7) is -1.73. The number of carboxylic acid groups (broad SMARTS) is 2. The molecule has 0 fully saturated rings. The SMILES string of the molecule is O.O=C([O-])[C@H](O)[C@H](O)[C@@H](O)[C@H](O)CO.O=C([O-])[C@H](O)[C@H](O)[C@@H](O)[C@H](O)CO.[Ca+2]. The minimum atomic E-state index is -2.31. The summed E-state index contributed by atoms with van der Waals surface area (Å²) >= 11 is 0. The second kappa shape index (κ2) is 17.6. The zero-order chi connectivity index (χ0) is 21.2. The molecule has 0 aliphatic carbocycles. The van der Waals surface area contributed by atoms with E-state index in [1.165, 1.54) is 0 Å². The van der Waals surface area contributed by atoms with Gasteiger partial charge >= 0.3 is 37.7 Å². The second-order valence-corrected chi connectivity index (χ2v) is 4.99. The zero-order valence-corrected chi connectivity index (χ0v) is 16.6. The molecule has 164 valence electrons. The van der Waals surface area contributed by atoms with E-state index in [1.54, 1.807) is 0 Å². The van der Waals surface area contributed by atoms with E-state index < -0.39 is 74.0 Å². The Morgan fingerprint density at radius 2 is 0.821 bits per heavy atom. The van der Waals surface area contributed by atoms with Gasteiger partial charge in [-0.05, 0) is 0 Å². The average Bonchev–Trinajstić information content (AvgIpc) is 2.62. The average molecular weight is 448 g/mol. The Bertz CT molecular complexity index is 386. The molecule has 0 aromatic heterocycles. The number of carboxylic acids is 2. The molecule has 0 aromatic rings. The van der Waals surface area contributed by atoms with E-state index in [4.69, 9.17) is 51.1 Å². The molecule has 0 spiro atoms. The summed E-state index contributed by atoms with van der Waals surface area (Å²) in [7, 11) is 0. The van der Waals surface area contributed by atoms with Gasteiger partial charge in [0.2, 0.25) is 0 Å². The van der Waals surface area contributed by atoms with E-state index in [0.717, 1.165) is 0 Å². The fourth-order valence-corrected chi connectivity index (χ4v) is 1.32. The van der Waals surface area contributed by atoms with Crippen molar-refractivity contribution in [3.63, 3.8) is 0 Å². The summed E-state index contributed by atoms with van der Waals surface area (Å²) in [4.78, 5) is 20.0. The summed E-state index contributed by atoms with van der Waals surface area (Å²) in [5.41, 5.74) is 0. The Morgan fingerprint density at radius 3 is 0.964 bits per heavy atom. The predicted octanol–water partition coefficient (Wildman–Crippen LogP) is -10.9. The minimum Gasteiger partial charge on any atom is -0.547 e. The number of carbonyl (C=O) groups excluding carboxylic acids is 2. The first kappa shape index (κ1) is 35.2. The molecule has 0 bridgehead atoms. The van der Waals surface area contributed by atoms with Crippen LogP contribution >= 0.6 is 0 Å². The summed E-state index contributed by atoms with van der Waals surface area (Å²) in [6.07, 6.45) is -16.2. The quantitative estimate of drug-likeness (QED) is 0.139. The molecule has 0 rings (SSSR count). The molecule has 16 heteroatoms. The molecule has 12 N–H and O–H groups in total. The number of aliphatic hydroxyl groups excluding tert-OH is 10. The normalized spacial score (nSPS) is 18.9. The van der Waals surface area contributed by atoms with Crippen LogP contribution in [0.1, 0.15) is 0 Å². The number of aliphatic carboxylic acids is 2. The van der Waals surface area contributed by atoms with Crippen molar-refractivity contribution in [1.29, 1.82) is 0 Å². The minimum absolute atomic E-state index is 0. The second-order valence-electron chi connectivity index (χ2n) is 4.99. The number of carbonyl (C=O) groups is 2. The van der Waals surface area contributed by atoms with Crippen LogP contribution in [0, 0.1) is 0 Å². The van der Waals surface area contributed by atoms with E-state index in [9.17, 15) is 19.8 Å². The molecule has 0 heterocycles. The predicted molar refractivity (Wildman–Crippen MR) is 81.6 cm³/mol. The molecule has 0 aromatic carbocycles. The van der Waals surface area contributed by atoms with Crippen LogP contribution in [0.15, 0.2) is 0 Å². The first-order valence-corrected chi connectivity index (χ1v) is 6.91. The van der Waals surface area contributed by atoms with Crippen LogP contribution in [0.5, 0.6) is 0 Å². The van der Waals surface area contributed by atoms with Crippen molar-refractivity contribution in [3.05, 3.63) is 0 Å². The molecule has 0 saturated carbocycles. The van der Waals surface area contributed by atoms with Gasteiger partial charge in [-0.1, -0.05) is 0 Å². The molecule has 8 atom stereocenters. The fraction of sp³-hybridized carbons (Fsp3) is 0.833. The van der Waals surface area contributed by atoms with Gasteiger partial charge in [0.1, 0.15) is 48.8 Å². The third-order valence-electron chi connectivity index (χ3n) is 2.99. The summed E-state index contributed by atoms with van der Waals surface area (Å²) in [5.74, 6) is -3.95. The van der Waals surface area contributed by atoms with Crippen molar-refractivity contribution in [2.24, 2.45) is 0 Å². The standard InChI is InChI=1S/2C6H12O7.Ca.H2O/c2*7-1-2(8)3(9)4(10)5(11)6(12)13;;/h2*2-5,7-11H,1H2,(H,12,13);;1H2/q;;+2;/p-2/t2*2-,3+,4-,5-;;/m11../s1. The van der Waals surface area contributed by atoms with Crippen LogP contribution in [0.3, 0.4) is 0 Å².